The van der Waals surface area contributed by atoms with Crippen molar-refractivity contribution in [3.63, 3.8) is 0 Å². The molecule has 1 aromatic heterocycles. The Morgan fingerprint density at radius 3 is 2.57 bits per heavy atom. The second-order valence-electron chi connectivity index (χ2n) is 6.44. The number of fused-ring (bicyclic) bond motifs is 1. The molecule has 0 saturated carbocycles. The summed E-state index contributed by atoms with van der Waals surface area (Å²) in [5.74, 6) is 1.08. The minimum Gasteiger partial charge on any atom is -0.336 e. The van der Waals surface area contributed by atoms with Gasteiger partial charge in [-0.3, -0.25) is 4.90 Å². The van der Waals surface area contributed by atoms with Gasteiger partial charge in [-0.1, -0.05) is 12.1 Å². The van der Waals surface area contributed by atoms with E-state index in [1.807, 2.05) is 36.9 Å². The predicted octanol–water partition coefficient (Wildman–Crippen LogP) is 1.81. The zero-order valence-electron chi connectivity index (χ0n) is 14.1. The summed E-state index contributed by atoms with van der Waals surface area (Å²) < 4.78 is 2.16. The Morgan fingerprint density at radius 1 is 1.22 bits per heavy atom. The summed E-state index contributed by atoms with van der Waals surface area (Å²) in [7, 11) is 2.07. The quantitative estimate of drug-likeness (QED) is 0.940. The van der Waals surface area contributed by atoms with E-state index < -0.39 is 0 Å². The van der Waals surface area contributed by atoms with E-state index in [-0.39, 0.29) is 12.1 Å². The number of hydrogen-bond donors (Lipinski definition) is 1. The molecule has 1 aromatic carbocycles. The molecular formula is C17H25N5O. The number of carbonyl (C=O) groups excluding carboxylic acids is 1. The number of hydrogen-bond acceptors (Lipinski definition) is 3. The van der Waals surface area contributed by atoms with Crippen LogP contribution in [0.2, 0.25) is 0 Å². The number of carbonyl (C=O) groups is 1. The number of piperazine rings is 1. The van der Waals surface area contributed by atoms with Crippen LogP contribution < -0.4 is 5.32 Å². The van der Waals surface area contributed by atoms with Crippen LogP contribution in [0.5, 0.6) is 0 Å². The van der Waals surface area contributed by atoms with Gasteiger partial charge in [-0.2, -0.15) is 0 Å². The highest BCUT2D eigenvalue weighted by atomic mass is 16.2. The van der Waals surface area contributed by atoms with Crippen LogP contribution in [-0.2, 0) is 13.6 Å². The van der Waals surface area contributed by atoms with Gasteiger partial charge in [0, 0.05) is 39.3 Å². The van der Waals surface area contributed by atoms with Crippen molar-refractivity contribution in [2.24, 2.45) is 7.05 Å². The lowest BCUT2D eigenvalue weighted by Crippen LogP contribution is -2.52. The average molecular weight is 315 g/mol. The molecule has 0 aliphatic carbocycles. The Labute approximate surface area is 137 Å². The van der Waals surface area contributed by atoms with Crippen molar-refractivity contribution >= 4 is 17.1 Å². The fourth-order valence-corrected chi connectivity index (χ4v) is 2.98. The smallest absolute Gasteiger partial charge is 0.317 e. The number of aromatic nitrogens is 2. The van der Waals surface area contributed by atoms with Crippen LogP contribution in [0.4, 0.5) is 4.79 Å². The molecule has 0 spiro atoms. The van der Waals surface area contributed by atoms with E-state index in [1.165, 1.54) is 0 Å². The summed E-state index contributed by atoms with van der Waals surface area (Å²) in [4.78, 5) is 21.0. The van der Waals surface area contributed by atoms with Gasteiger partial charge >= 0.3 is 6.03 Å². The number of nitrogens with one attached hydrogen (secondary N) is 1. The summed E-state index contributed by atoms with van der Waals surface area (Å²) in [6, 6.07) is 8.43. The van der Waals surface area contributed by atoms with Gasteiger partial charge in [0.05, 0.1) is 17.6 Å². The van der Waals surface area contributed by atoms with Crippen molar-refractivity contribution in [1.82, 2.24) is 24.7 Å². The molecule has 0 radical (unpaired) electrons. The van der Waals surface area contributed by atoms with Gasteiger partial charge in [-0.15, -0.1) is 0 Å². The lowest BCUT2D eigenvalue weighted by atomic mass is 10.3. The molecule has 23 heavy (non-hydrogen) atoms. The van der Waals surface area contributed by atoms with Crippen molar-refractivity contribution in [2.45, 2.75) is 26.4 Å². The summed E-state index contributed by atoms with van der Waals surface area (Å²) in [5, 5.41) is 2.96. The summed E-state index contributed by atoms with van der Waals surface area (Å²) in [5.41, 5.74) is 2.21. The second kappa shape index (κ2) is 6.58. The minimum atomic E-state index is 0.0439. The number of aryl methyl sites for hydroxylation is 1. The molecule has 124 valence electrons. The van der Waals surface area contributed by atoms with Crippen molar-refractivity contribution in [3.8, 4) is 0 Å². The molecule has 1 N–H and O–H groups in total. The van der Waals surface area contributed by atoms with Crippen molar-refractivity contribution in [2.75, 3.05) is 26.2 Å². The van der Waals surface area contributed by atoms with Crippen molar-refractivity contribution in [1.29, 1.82) is 0 Å². The number of urea groups is 1. The van der Waals surface area contributed by atoms with Crippen LogP contribution in [-0.4, -0.2) is 57.6 Å². The van der Waals surface area contributed by atoms with E-state index in [0.29, 0.717) is 0 Å². The highest BCUT2D eigenvalue weighted by Gasteiger charge is 2.22. The molecule has 3 rings (SSSR count). The molecule has 2 amide bonds. The first-order valence-electron chi connectivity index (χ1n) is 8.22. The van der Waals surface area contributed by atoms with Gasteiger partial charge in [0.25, 0.3) is 0 Å². The van der Waals surface area contributed by atoms with E-state index >= 15 is 0 Å². The third-order valence-corrected chi connectivity index (χ3v) is 4.32. The molecule has 2 heterocycles. The molecule has 1 saturated heterocycles. The van der Waals surface area contributed by atoms with Gasteiger partial charge < -0.3 is 14.8 Å². The highest BCUT2D eigenvalue weighted by Crippen LogP contribution is 2.16. The number of nitrogens with zero attached hydrogens (tertiary/aromatic N) is 4. The van der Waals surface area contributed by atoms with Gasteiger partial charge in [-0.05, 0) is 26.0 Å². The van der Waals surface area contributed by atoms with Crippen LogP contribution in [0.1, 0.15) is 19.7 Å². The van der Waals surface area contributed by atoms with E-state index in [2.05, 4.69) is 27.9 Å². The molecule has 0 bridgehead atoms. The number of benzene rings is 1. The van der Waals surface area contributed by atoms with Crippen LogP contribution in [0.15, 0.2) is 24.3 Å². The Kier molecular flexibility index (Phi) is 4.52. The third-order valence-electron chi connectivity index (χ3n) is 4.32. The Bertz CT molecular complexity index is 685. The second-order valence-corrected chi connectivity index (χ2v) is 6.44. The van der Waals surface area contributed by atoms with Gasteiger partial charge in [0.15, 0.2) is 0 Å². The molecular weight excluding hydrogens is 290 g/mol. The number of imidazole rings is 1. The van der Waals surface area contributed by atoms with Crippen LogP contribution in [0.25, 0.3) is 11.0 Å². The Balaban J connectivity index is 1.60. The first kappa shape index (κ1) is 15.8. The number of amides is 2. The standard InChI is InChI=1S/C17H25N5O/c1-13(2)18-17(23)22-10-8-21(9-11-22)12-16-19-14-6-4-5-7-15(14)20(16)3/h4-7,13H,8-12H2,1-3H3,(H,18,23). The number of rotatable bonds is 3. The molecule has 1 fully saturated rings. The minimum absolute atomic E-state index is 0.0439. The van der Waals surface area contributed by atoms with Crippen LogP contribution in [0, 0.1) is 0 Å². The summed E-state index contributed by atoms with van der Waals surface area (Å²) >= 11 is 0. The summed E-state index contributed by atoms with van der Waals surface area (Å²) in [6.45, 7) is 8.10. The Morgan fingerprint density at radius 2 is 1.91 bits per heavy atom. The van der Waals surface area contributed by atoms with E-state index in [0.717, 1.165) is 49.6 Å². The monoisotopic (exact) mass is 315 g/mol. The van der Waals surface area contributed by atoms with E-state index in [1.54, 1.807) is 0 Å². The highest BCUT2D eigenvalue weighted by molar-refractivity contribution is 5.76. The zero-order valence-corrected chi connectivity index (χ0v) is 14.1. The third kappa shape index (κ3) is 3.47. The topological polar surface area (TPSA) is 53.4 Å². The first-order valence-corrected chi connectivity index (χ1v) is 8.22. The predicted molar refractivity (Wildman–Crippen MR) is 91.2 cm³/mol. The lowest BCUT2D eigenvalue weighted by Gasteiger charge is -2.34. The SMILES string of the molecule is CC(C)NC(=O)N1CCN(Cc2nc3ccccc3n2C)CC1. The normalized spacial score (nSPS) is 16.3. The zero-order chi connectivity index (χ0) is 16.4. The van der Waals surface area contributed by atoms with Gasteiger partial charge in [-0.25, -0.2) is 9.78 Å². The fourth-order valence-electron chi connectivity index (χ4n) is 2.98. The van der Waals surface area contributed by atoms with Crippen molar-refractivity contribution < 1.29 is 4.79 Å². The molecule has 6 heteroatoms. The first-order chi connectivity index (χ1) is 11.0. The molecule has 0 unspecified atom stereocenters. The lowest BCUT2D eigenvalue weighted by molar-refractivity contribution is 0.132. The fraction of sp³-hybridized carbons (Fsp3) is 0.529. The van der Waals surface area contributed by atoms with Crippen LogP contribution >= 0.6 is 0 Å². The largest absolute Gasteiger partial charge is 0.336 e. The molecule has 1 aliphatic rings. The maximum atomic E-state index is 12.0. The number of para-hydroxylation sites is 2. The van der Waals surface area contributed by atoms with Gasteiger partial charge in [0.2, 0.25) is 0 Å². The maximum absolute atomic E-state index is 12.0. The molecule has 0 atom stereocenters. The van der Waals surface area contributed by atoms with Crippen molar-refractivity contribution in [3.05, 3.63) is 30.1 Å². The molecule has 6 nitrogen and oxygen atoms in total. The van der Waals surface area contributed by atoms with Gasteiger partial charge in [0.1, 0.15) is 5.82 Å². The average Bonchev–Trinajstić information content (AvgIpc) is 2.84. The summed E-state index contributed by atoms with van der Waals surface area (Å²) in [6.07, 6.45) is 0. The van der Waals surface area contributed by atoms with E-state index in [4.69, 9.17) is 4.98 Å². The van der Waals surface area contributed by atoms with E-state index in [9.17, 15) is 4.79 Å². The maximum Gasteiger partial charge on any atom is 0.317 e. The van der Waals surface area contributed by atoms with Crippen LogP contribution in [0.3, 0.4) is 0 Å². The molecule has 2 aromatic rings. The molecule has 1 aliphatic heterocycles. The Hall–Kier alpha value is -2.08.